The van der Waals surface area contributed by atoms with Gasteiger partial charge in [-0.05, 0) is 44.4 Å². The van der Waals surface area contributed by atoms with E-state index in [1.807, 2.05) is 31.2 Å². The summed E-state index contributed by atoms with van der Waals surface area (Å²) in [6.45, 7) is 5.29. The number of piperidine rings is 1. The highest BCUT2D eigenvalue weighted by molar-refractivity contribution is 5.94. The van der Waals surface area contributed by atoms with Crippen LogP contribution >= 0.6 is 0 Å². The molecule has 28 heavy (non-hydrogen) atoms. The number of hydrogen-bond acceptors (Lipinski definition) is 6. The second-order valence-corrected chi connectivity index (χ2v) is 7.05. The molecule has 1 saturated heterocycles. The Balaban J connectivity index is 1.51. The van der Waals surface area contributed by atoms with Crippen molar-refractivity contribution in [3.63, 3.8) is 0 Å². The third-order valence-electron chi connectivity index (χ3n) is 5.12. The maximum absolute atomic E-state index is 12.5. The Morgan fingerprint density at radius 2 is 1.89 bits per heavy atom. The van der Waals surface area contributed by atoms with Crippen molar-refractivity contribution < 1.29 is 14.3 Å². The van der Waals surface area contributed by atoms with Crippen LogP contribution in [0.4, 0.5) is 5.95 Å². The zero-order valence-electron chi connectivity index (χ0n) is 16.6. The first-order valence-electron chi connectivity index (χ1n) is 9.48. The Morgan fingerprint density at radius 1 is 1.21 bits per heavy atom. The Morgan fingerprint density at radius 3 is 2.46 bits per heavy atom. The molecule has 0 atom stereocenters. The highest BCUT2D eigenvalue weighted by atomic mass is 16.5. The fraction of sp³-hybridized carbons (Fsp3) is 0.429. The minimum Gasteiger partial charge on any atom is -0.497 e. The van der Waals surface area contributed by atoms with Gasteiger partial charge >= 0.3 is 0 Å². The van der Waals surface area contributed by atoms with E-state index in [-0.39, 0.29) is 17.6 Å². The van der Waals surface area contributed by atoms with Crippen molar-refractivity contribution in [2.45, 2.75) is 33.2 Å². The number of carbonyl (C=O) groups excluding carboxylic acids is 2. The molecule has 0 unspecified atom stereocenters. The van der Waals surface area contributed by atoms with Gasteiger partial charge in [0.15, 0.2) is 5.78 Å². The maximum Gasteiger partial charge on any atom is 0.225 e. The molecule has 0 radical (unpaired) electrons. The second-order valence-electron chi connectivity index (χ2n) is 7.05. The fourth-order valence-corrected chi connectivity index (χ4v) is 3.37. The number of aryl methyl sites for hydroxylation is 1. The molecule has 7 nitrogen and oxygen atoms in total. The number of Topliss-reactive ketones (excluding diaryl/α,β-unsaturated/α-hetero) is 1. The Kier molecular flexibility index (Phi) is 6.23. The van der Waals surface area contributed by atoms with Crippen LogP contribution in [0, 0.1) is 12.8 Å². The topological polar surface area (TPSA) is 84.4 Å². The normalized spacial score (nSPS) is 14.6. The number of aromatic nitrogens is 2. The molecule has 3 rings (SSSR count). The molecule has 0 aliphatic carbocycles. The Labute approximate surface area is 165 Å². The van der Waals surface area contributed by atoms with Crippen molar-refractivity contribution in [3.05, 3.63) is 47.3 Å². The quantitative estimate of drug-likeness (QED) is 0.773. The summed E-state index contributed by atoms with van der Waals surface area (Å²) in [5.41, 5.74) is 2.29. The van der Waals surface area contributed by atoms with Gasteiger partial charge in [0.05, 0.1) is 18.4 Å². The summed E-state index contributed by atoms with van der Waals surface area (Å²) in [4.78, 5) is 34.9. The minimum atomic E-state index is -0.0312. The molecule has 2 aromatic rings. The van der Waals surface area contributed by atoms with E-state index in [9.17, 15) is 9.59 Å². The standard InChI is InChI=1S/C21H26N4O3/c1-14-19(15(2)26)13-23-21(24-14)25-10-8-17(9-11-25)20(27)22-12-16-4-6-18(28-3)7-5-16/h4-7,13,17H,8-12H2,1-3H3,(H,22,27). The van der Waals surface area contributed by atoms with Crippen molar-refractivity contribution >= 4 is 17.6 Å². The van der Waals surface area contributed by atoms with Gasteiger partial charge in [-0.1, -0.05) is 12.1 Å². The second kappa shape index (κ2) is 8.82. The van der Waals surface area contributed by atoms with Crippen molar-refractivity contribution in [2.75, 3.05) is 25.1 Å². The third-order valence-corrected chi connectivity index (χ3v) is 5.12. The Bertz CT molecular complexity index is 843. The van der Waals surface area contributed by atoms with Gasteiger partial charge in [-0.25, -0.2) is 9.97 Å². The van der Waals surface area contributed by atoms with E-state index in [0.29, 0.717) is 23.8 Å². The highest BCUT2D eigenvalue weighted by Gasteiger charge is 2.26. The fourth-order valence-electron chi connectivity index (χ4n) is 3.37. The van der Waals surface area contributed by atoms with Gasteiger partial charge in [-0.15, -0.1) is 0 Å². The molecule has 1 N–H and O–H groups in total. The number of carbonyl (C=O) groups is 2. The van der Waals surface area contributed by atoms with Gasteiger partial charge in [-0.2, -0.15) is 0 Å². The average molecular weight is 382 g/mol. The lowest BCUT2D eigenvalue weighted by Gasteiger charge is -2.31. The molecule has 148 valence electrons. The first-order valence-corrected chi connectivity index (χ1v) is 9.48. The Hall–Kier alpha value is -2.96. The molecular formula is C21H26N4O3. The summed E-state index contributed by atoms with van der Waals surface area (Å²) >= 11 is 0. The van der Waals surface area contributed by atoms with E-state index >= 15 is 0 Å². The summed E-state index contributed by atoms with van der Waals surface area (Å²) in [5.74, 6) is 1.47. The molecule has 1 aliphatic heterocycles. The van der Waals surface area contributed by atoms with Crippen molar-refractivity contribution in [1.29, 1.82) is 0 Å². The van der Waals surface area contributed by atoms with E-state index in [1.54, 1.807) is 13.3 Å². The number of ether oxygens (including phenoxy) is 1. The molecule has 1 aromatic carbocycles. The van der Waals surface area contributed by atoms with Crippen LogP contribution in [0.1, 0.15) is 41.4 Å². The van der Waals surface area contributed by atoms with Crippen LogP contribution in [0.3, 0.4) is 0 Å². The van der Waals surface area contributed by atoms with Crippen LogP contribution < -0.4 is 15.0 Å². The molecule has 1 amide bonds. The largest absolute Gasteiger partial charge is 0.497 e. The molecule has 0 bridgehead atoms. The number of benzene rings is 1. The molecule has 1 aliphatic rings. The van der Waals surface area contributed by atoms with Gasteiger partial charge in [0.25, 0.3) is 0 Å². The lowest BCUT2D eigenvalue weighted by molar-refractivity contribution is -0.125. The number of hydrogen-bond donors (Lipinski definition) is 1. The van der Waals surface area contributed by atoms with Crippen LogP contribution in [0.25, 0.3) is 0 Å². The van der Waals surface area contributed by atoms with Gasteiger partial charge in [0, 0.05) is 31.7 Å². The summed E-state index contributed by atoms with van der Waals surface area (Å²) in [7, 11) is 1.63. The van der Waals surface area contributed by atoms with E-state index in [2.05, 4.69) is 20.2 Å². The smallest absolute Gasteiger partial charge is 0.225 e. The zero-order chi connectivity index (χ0) is 20.1. The molecular weight excluding hydrogens is 356 g/mol. The van der Waals surface area contributed by atoms with Crippen LogP contribution in [0.5, 0.6) is 5.75 Å². The summed E-state index contributed by atoms with van der Waals surface area (Å²) < 4.78 is 5.14. The van der Waals surface area contributed by atoms with E-state index in [4.69, 9.17) is 4.74 Å². The van der Waals surface area contributed by atoms with Gasteiger partial charge in [0.1, 0.15) is 5.75 Å². The number of nitrogens with one attached hydrogen (secondary N) is 1. The van der Waals surface area contributed by atoms with Crippen LogP contribution in [-0.4, -0.2) is 41.9 Å². The number of anilines is 1. The third kappa shape index (κ3) is 4.65. The summed E-state index contributed by atoms with van der Waals surface area (Å²) in [6, 6.07) is 7.68. The van der Waals surface area contributed by atoms with Gasteiger partial charge < -0.3 is 15.0 Å². The van der Waals surface area contributed by atoms with Crippen molar-refractivity contribution in [3.8, 4) is 5.75 Å². The lowest BCUT2D eigenvalue weighted by atomic mass is 9.96. The zero-order valence-corrected chi connectivity index (χ0v) is 16.6. The average Bonchev–Trinajstić information content (AvgIpc) is 2.72. The first kappa shape index (κ1) is 19.8. The highest BCUT2D eigenvalue weighted by Crippen LogP contribution is 2.22. The molecule has 2 heterocycles. The van der Waals surface area contributed by atoms with E-state index in [1.165, 1.54) is 6.92 Å². The minimum absolute atomic E-state index is 0.00733. The predicted octanol–water partition coefficient (Wildman–Crippen LogP) is 2.53. The monoisotopic (exact) mass is 382 g/mol. The molecule has 0 spiro atoms. The SMILES string of the molecule is COc1ccc(CNC(=O)C2CCN(c3ncc(C(C)=O)c(C)n3)CC2)cc1. The summed E-state index contributed by atoms with van der Waals surface area (Å²) in [6.07, 6.45) is 3.10. The molecule has 1 aromatic heterocycles. The lowest BCUT2D eigenvalue weighted by Crippen LogP contribution is -2.41. The van der Waals surface area contributed by atoms with Crippen LogP contribution in [0.15, 0.2) is 30.5 Å². The predicted molar refractivity (Wildman–Crippen MR) is 107 cm³/mol. The number of rotatable bonds is 6. The number of amides is 1. The van der Waals surface area contributed by atoms with Crippen molar-refractivity contribution in [1.82, 2.24) is 15.3 Å². The molecule has 0 saturated carbocycles. The van der Waals surface area contributed by atoms with Gasteiger partial charge in [-0.3, -0.25) is 9.59 Å². The summed E-state index contributed by atoms with van der Waals surface area (Å²) in [5, 5.41) is 3.02. The number of ketones is 1. The van der Waals surface area contributed by atoms with E-state index in [0.717, 1.165) is 37.2 Å². The number of nitrogens with zero attached hydrogens (tertiary/aromatic N) is 3. The molecule has 1 fully saturated rings. The maximum atomic E-state index is 12.5. The van der Waals surface area contributed by atoms with Crippen molar-refractivity contribution in [2.24, 2.45) is 5.92 Å². The van der Waals surface area contributed by atoms with Gasteiger partial charge in [0.2, 0.25) is 11.9 Å². The molecule has 7 heteroatoms. The van der Waals surface area contributed by atoms with Crippen LogP contribution in [-0.2, 0) is 11.3 Å². The van der Waals surface area contributed by atoms with E-state index < -0.39 is 0 Å². The first-order chi connectivity index (χ1) is 13.5. The van der Waals surface area contributed by atoms with Crippen LogP contribution in [0.2, 0.25) is 0 Å². The number of methoxy groups -OCH3 is 1.